The van der Waals surface area contributed by atoms with Crippen LogP contribution in [0.4, 0.5) is 5.69 Å². The van der Waals surface area contributed by atoms with Crippen molar-refractivity contribution in [2.24, 2.45) is 11.8 Å². The molecule has 0 aliphatic carbocycles. The van der Waals surface area contributed by atoms with E-state index in [2.05, 4.69) is 26.2 Å². The lowest BCUT2D eigenvalue weighted by molar-refractivity contribution is -0.119. The molecule has 4 nitrogen and oxygen atoms in total. The van der Waals surface area contributed by atoms with Gasteiger partial charge < -0.3 is 5.32 Å². The maximum absolute atomic E-state index is 11.8. The molecular weight excluding hydrogens is 270 g/mol. The molecule has 1 heterocycles. The molecule has 0 aromatic carbocycles. The van der Waals surface area contributed by atoms with E-state index in [0.717, 1.165) is 0 Å². The van der Waals surface area contributed by atoms with Crippen LogP contribution in [0.1, 0.15) is 13.8 Å². The molecule has 5 heteroatoms. The number of nitriles is 1. The van der Waals surface area contributed by atoms with Gasteiger partial charge in [0.15, 0.2) is 0 Å². The van der Waals surface area contributed by atoms with E-state index in [1.54, 1.807) is 18.5 Å². The number of hydrogen-bond acceptors (Lipinski definition) is 3. The summed E-state index contributed by atoms with van der Waals surface area (Å²) in [6.07, 6.45) is 3.17. The smallest absolute Gasteiger partial charge is 0.242 e. The lowest BCUT2D eigenvalue weighted by Crippen LogP contribution is -2.25. The second-order valence-corrected chi connectivity index (χ2v) is 4.55. The number of rotatable bonds is 3. The maximum Gasteiger partial charge on any atom is 0.242 e. The lowest BCUT2D eigenvalue weighted by atomic mass is 9.96. The van der Waals surface area contributed by atoms with Crippen molar-refractivity contribution >= 4 is 27.5 Å². The Balaban J connectivity index is 2.79. The van der Waals surface area contributed by atoms with Gasteiger partial charge in [-0.3, -0.25) is 9.78 Å². The fraction of sp³-hybridized carbons (Fsp3) is 0.364. The zero-order valence-electron chi connectivity index (χ0n) is 9.07. The molecule has 1 N–H and O–H groups in total. The number of aromatic nitrogens is 1. The van der Waals surface area contributed by atoms with E-state index >= 15 is 0 Å². The maximum atomic E-state index is 11.8. The molecule has 0 saturated heterocycles. The summed E-state index contributed by atoms with van der Waals surface area (Å²) < 4.78 is 0.698. The third-order valence-electron chi connectivity index (χ3n) is 2.12. The van der Waals surface area contributed by atoms with Crippen molar-refractivity contribution in [2.75, 3.05) is 5.32 Å². The molecule has 0 bridgehead atoms. The molecule has 0 spiro atoms. The zero-order valence-corrected chi connectivity index (χ0v) is 10.7. The molecule has 0 aliphatic heterocycles. The van der Waals surface area contributed by atoms with Crippen LogP contribution >= 0.6 is 15.9 Å². The fourth-order valence-corrected chi connectivity index (χ4v) is 1.55. The minimum absolute atomic E-state index is 0.00869. The third kappa shape index (κ3) is 3.04. The van der Waals surface area contributed by atoms with Gasteiger partial charge in [0.2, 0.25) is 5.91 Å². The molecule has 16 heavy (non-hydrogen) atoms. The first kappa shape index (κ1) is 12.7. The van der Waals surface area contributed by atoms with Crippen LogP contribution in [0.3, 0.4) is 0 Å². The van der Waals surface area contributed by atoms with Gasteiger partial charge in [0, 0.05) is 12.4 Å². The summed E-state index contributed by atoms with van der Waals surface area (Å²) >= 11 is 3.27. The second-order valence-electron chi connectivity index (χ2n) is 3.70. The number of nitrogens with one attached hydrogen (secondary N) is 1. The standard InChI is InChI=1S/C11H12BrN3O/c1-7(2)8(5-13)11(16)15-10-3-4-14-6-9(10)12/h3-4,6-8H,1-2H3,(H,14,15,16). The predicted molar refractivity (Wildman–Crippen MR) is 64.5 cm³/mol. The van der Waals surface area contributed by atoms with Crippen molar-refractivity contribution in [3.05, 3.63) is 22.9 Å². The summed E-state index contributed by atoms with van der Waals surface area (Å²) in [6, 6.07) is 3.68. The molecule has 0 aliphatic rings. The molecule has 1 amide bonds. The van der Waals surface area contributed by atoms with Crippen molar-refractivity contribution in [3.8, 4) is 6.07 Å². The summed E-state index contributed by atoms with van der Waals surface area (Å²) in [6.45, 7) is 3.68. The number of hydrogen-bond donors (Lipinski definition) is 1. The number of halogens is 1. The zero-order chi connectivity index (χ0) is 12.1. The first-order valence-electron chi connectivity index (χ1n) is 4.86. The Morgan fingerprint density at radius 1 is 1.62 bits per heavy atom. The summed E-state index contributed by atoms with van der Waals surface area (Å²) in [5.41, 5.74) is 0.626. The van der Waals surface area contributed by atoms with Crippen molar-refractivity contribution in [3.63, 3.8) is 0 Å². The van der Waals surface area contributed by atoms with E-state index in [4.69, 9.17) is 5.26 Å². The highest BCUT2D eigenvalue weighted by Crippen LogP contribution is 2.21. The van der Waals surface area contributed by atoms with Gasteiger partial charge in [-0.2, -0.15) is 5.26 Å². The highest BCUT2D eigenvalue weighted by molar-refractivity contribution is 9.10. The monoisotopic (exact) mass is 281 g/mol. The van der Waals surface area contributed by atoms with E-state index < -0.39 is 5.92 Å². The SMILES string of the molecule is CC(C)C(C#N)C(=O)Nc1ccncc1Br. The minimum Gasteiger partial charge on any atom is -0.324 e. The van der Waals surface area contributed by atoms with Crippen LogP contribution in [0.25, 0.3) is 0 Å². The largest absolute Gasteiger partial charge is 0.324 e. The second kappa shape index (κ2) is 5.61. The average Bonchev–Trinajstić information content (AvgIpc) is 2.22. The summed E-state index contributed by atoms with van der Waals surface area (Å²) in [5, 5.41) is 11.6. The Kier molecular flexibility index (Phi) is 4.44. The number of nitrogens with zero attached hydrogens (tertiary/aromatic N) is 2. The van der Waals surface area contributed by atoms with Gasteiger partial charge in [-0.15, -0.1) is 0 Å². The Bertz CT molecular complexity index is 425. The van der Waals surface area contributed by atoms with E-state index in [1.165, 1.54) is 0 Å². The topological polar surface area (TPSA) is 65.8 Å². The molecule has 1 unspecified atom stereocenters. The van der Waals surface area contributed by atoms with Gasteiger partial charge in [0.05, 0.1) is 16.2 Å². The lowest BCUT2D eigenvalue weighted by Gasteiger charge is -2.13. The summed E-state index contributed by atoms with van der Waals surface area (Å²) in [7, 11) is 0. The van der Waals surface area contributed by atoms with E-state index in [0.29, 0.717) is 10.2 Å². The molecule has 1 aromatic heterocycles. The third-order valence-corrected chi connectivity index (χ3v) is 2.75. The Labute approximate surface area is 103 Å². The van der Waals surface area contributed by atoms with Crippen LogP contribution in [0, 0.1) is 23.2 Å². The van der Waals surface area contributed by atoms with Gasteiger partial charge in [-0.05, 0) is 27.9 Å². The Morgan fingerprint density at radius 3 is 2.81 bits per heavy atom. The average molecular weight is 282 g/mol. The van der Waals surface area contributed by atoms with Crippen molar-refractivity contribution in [1.29, 1.82) is 5.26 Å². The predicted octanol–water partition coefficient (Wildman–Crippen LogP) is 2.58. The van der Waals surface area contributed by atoms with Crippen LogP contribution < -0.4 is 5.32 Å². The number of anilines is 1. The van der Waals surface area contributed by atoms with Gasteiger partial charge >= 0.3 is 0 Å². The van der Waals surface area contributed by atoms with E-state index in [-0.39, 0.29) is 11.8 Å². The van der Waals surface area contributed by atoms with Crippen molar-refractivity contribution in [2.45, 2.75) is 13.8 Å². The van der Waals surface area contributed by atoms with Crippen LogP contribution in [-0.2, 0) is 4.79 Å². The fourth-order valence-electron chi connectivity index (χ4n) is 1.20. The summed E-state index contributed by atoms with van der Waals surface area (Å²) in [5.74, 6) is -0.935. The molecule has 0 fully saturated rings. The highest BCUT2D eigenvalue weighted by Gasteiger charge is 2.22. The highest BCUT2D eigenvalue weighted by atomic mass is 79.9. The van der Waals surface area contributed by atoms with Crippen LogP contribution in [-0.4, -0.2) is 10.9 Å². The number of carbonyl (C=O) groups excluding carboxylic acids is 1. The van der Waals surface area contributed by atoms with Gasteiger partial charge in [0.25, 0.3) is 0 Å². The van der Waals surface area contributed by atoms with Crippen LogP contribution in [0.2, 0.25) is 0 Å². The number of amides is 1. The molecule has 0 radical (unpaired) electrons. The Hall–Kier alpha value is -1.41. The molecule has 1 aromatic rings. The molecule has 1 atom stereocenters. The molecule has 84 valence electrons. The first-order chi connectivity index (χ1) is 7.56. The summed E-state index contributed by atoms with van der Waals surface area (Å²) in [4.78, 5) is 15.7. The van der Waals surface area contributed by atoms with E-state index in [1.807, 2.05) is 19.9 Å². The Morgan fingerprint density at radius 2 is 2.31 bits per heavy atom. The van der Waals surface area contributed by atoms with Gasteiger partial charge in [-0.1, -0.05) is 13.8 Å². The number of pyridine rings is 1. The molecule has 1 rings (SSSR count). The van der Waals surface area contributed by atoms with Gasteiger partial charge in [0.1, 0.15) is 5.92 Å². The normalized spacial score (nSPS) is 11.9. The first-order valence-corrected chi connectivity index (χ1v) is 5.65. The van der Waals surface area contributed by atoms with Crippen LogP contribution in [0.5, 0.6) is 0 Å². The number of carbonyl (C=O) groups is 1. The molecule has 0 saturated carbocycles. The van der Waals surface area contributed by atoms with Crippen molar-refractivity contribution < 1.29 is 4.79 Å². The van der Waals surface area contributed by atoms with E-state index in [9.17, 15) is 4.79 Å². The quantitative estimate of drug-likeness (QED) is 0.926. The minimum atomic E-state index is -0.639. The molecular formula is C11H12BrN3O. The van der Waals surface area contributed by atoms with Crippen molar-refractivity contribution in [1.82, 2.24) is 4.98 Å². The van der Waals surface area contributed by atoms with Crippen LogP contribution in [0.15, 0.2) is 22.9 Å². The van der Waals surface area contributed by atoms with Gasteiger partial charge in [-0.25, -0.2) is 0 Å².